The average molecular weight is 490 g/mol. The summed E-state index contributed by atoms with van der Waals surface area (Å²) in [4.78, 5) is 21.7. The first-order valence-corrected chi connectivity index (χ1v) is 11.6. The van der Waals surface area contributed by atoms with Gasteiger partial charge in [-0.1, -0.05) is 35.3 Å². The number of rotatable bonds is 5. The molecular formula is C25H26Cl2FN3O2. The van der Waals surface area contributed by atoms with Gasteiger partial charge in [0.05, 0.1) is 10.0 Å². The number of carbonyl (C=O) groups excluding carboxylic acids is 1. The van der Waals surface area contributed by atoms with Crippen LogP contribution in [0.2, 0.25) is 10.0 Å². The monoisotopic (exact) mass is 489 g/mol. The number of piperazine rings is 1. The second kappa shape index (κ2) is 9.84. The molecule has 1 saturated heterocycles. The Morgan fingerprint density at radius 3 is 2.55 bits per heavy atom. The predicted molar refractivity (Wildman–Crippen MR) is 129 cm³/mol. The molecule has 5 nitrogen and oxygen atoms in total. The Morgan fingerprint density at radius 1 is 1.09 bits per heavy atom. The second-order valence-electron chi connectivity index (χ2n) is 8.61. The molecule has 1 aliphatic rings. The van der Waals surface area contributed by atoms with Gasteiger partial charge in [0.25, 0.3) is 5.91 Å². The van der Waals surface area contributed by atoms with Gasteiger partial charge in [0.1, 0.15) is 11.3 Å². The number of halogens is 3. The highest BCUT2D eigenvalue weighted by Crippen LogP contribution is 2.37. The van der Waals surface area contributed by atoms with Crippen molar-refractivity contribution in [3.63, 3.8) is 0 Å². The summed E-state index contributed by atoms with van der Waals surface area (Å²) in [6.07, 6.45) is 0. The summed E-state index contributed by atoms with van der Waals surface area (Å²) in [6, 6.07) is 12.1. The Labute approximate surface area is 203 Å². The molecule has 4 rings (SSSR count). The van der Waals surface area contributed by atoms with E-state index in [0.29, 0.717) is 34.4 Å². The van der Waals surface area contributed by atoms with Crippen LogP contribution in [-0.4, -0.2) is 52.5 Å². The minimum atomic E-state index is -0.241. The predicted octanol–water partition coefficient (Wildman–Crippen LogP) is 5.49. The van der Waals surface area contributed by atoms with E-state index in [1.165, 1.54) is 12.1 Å². The highest BCUT2D eigenvalue weighted by Gasteiger charge is 2.32. The van der Waals surface area contributed by atoms with Crippen LogP contribution < -0.4 is 4.74 Å². The lowest BCUT2D eigenvalue weighted by Gasteiger charge is -2.44. The molecule has 0 N–H and O–H groups in total. The molecule has 8 heteroatoms. The van der Waals surface area contributed by atoms with Crippen molar-refractivity contribution in [1.29, 1.82) is 0 Å². The summed E-state index contributed by atoms with van der Waals surface area (Å²) in [5, 5.41) is 1.54. The van der Waals surface area contributed by atoms with Gasteiger partial charge in [-0.3, -0.25) is 9.69 Å². The van der Waals surface area contributed by atoms with E-state index in [1.807, 2.05) is 30.9 Å². The standard InChI is InChI=1S/C25H26Cl2FN3O2/c1-15-4-9-20-21(26)10-22(27)25(24(20)29-15)33-14-23(32)31-12-16(2)30(11-17(31)3)13-18-5-7-19(28)8-6-18/h4-10,16-17H,11-14H2,1-3H3. The number of hydrogen-bond donors (Lipinski definition) is 0. The summed E-state index contributed by atoms with van der Waals surface area (Å²) >= 11 is 12.7. The highest BCUT2D eigenvalue weighted by atomic mass is 35.5. The van der Waals surface area contributed by atoms with Crippen LogP contribution in [0.5, 0.6) is 5.75 Å². The van der Waals surface area contributed by atoms with Crippen LogP contribution in [0, 0.1) is 12.7 Å². The van der Waals surface area contributed by atoms with Crippen LogP contribution in [0.4, 0.5) is 4.39 Å². The lowest BCUT2D eigenvalue weighted by atomic mass is 10.1. The first kappa shape index (κ1) is 23.7. The van der Waals surface area contributed by atoms with Crippen molar-refractivity contribution in [3.8, 4) is 5.75 Å². The second-order valence-corrected chi connectivity index (χ2v) is 9.42. The summed E-state index contributed by atoms with van der Waals surface area (Å²) < 4.78 is 19.1. The molecule has 2 heterocycles. The Hall–Kier alpha value is -2.41. The van der Waals surface area contributed by atoms with E-state index >= 15 is 0 Å². The molecule has 1 aromatic heterocycles. The third-order valence-corrected chi connectivity index (χ3v) is 6.64. The van der Waals surface area contributed by atoms with Gasteiger partial charge in [-0.05, 0) is 56.7 Å². The van der Waals surface area contributed by atoms with Crippen molar-refractivity contribution in [2.45, 2.75) is 39.4 Å². The molecule has 0 radical (unpaired) electrons. The number of carbonyl (C=O) groups is 1. The van der Waals surface area contributed by atoms with Crippen LogP contribution in [0.15, 0.2) is 42.5 Å². The summed E-state index contributed by atoms with van der Waals surface area (Å²) in [6.45, 7) is 7.86. The first-order valence-electron chi connectivity index (χ1n) is 10.9. The Bertz CT molecular complexity index is 1170. The first-order chi connectivity index (χ1) is 15.7. The topological polar surface area (TPSA) is 45.7 Å². The van der Waals surface area contributed by atoms with Crippen LogP contribution in [-0.2, 0) is 11.3 Å². The molecule has 1 fully saturated rings. The lowest BCUT2D eigenvalue weighted by Crippen LogP contribution is -2.58. The number of fused-ring (bicyclic) bond motifs is 1. The third kappa shape index (κ3) is 5.24. The van der Waals surface area contributed by atoms with E-state index in [2.05, 4.69) is 16.8 Å². The van der Waals surface area contributed by atoms with Gasteiger partial charge < -0.3 is 9.64 Å². The quantitative estimate of drug-likeness (QED) is 0.475. The van der Waals surface area contributed by atoms with Crippen LogP contribution in [0.1, 0.15) is 25.1 Å². The van der Waals surface area contributed by atoms with Crippen molar-refractivity contribution in [3.05, 3.63) is 69.6 Å². The van der Waals surface area contributed by atoms with Gasteiger partial charge in [0.15, 0.2) is 12.4 Å². The van der Waals surface area contributed by atoms with Gasteiger partial charge >= 0.3 is 0 Å². The SMILES string of the molecule is Cc1ccc2c(Cl)cc(Cl)c(OCC(=O)N3CC(C)N(Cc4ccc(F)cc4)CC3C)c2n1. The Morgan fingerprint density at radius 2 is 1.82 bits per heavy atom. The molecule has 0 bridgehead atoms. The van der Waals surface area contributed by atoms with Gasteiger partial charge in [0, 0.05) is 42.8 Å². The molecule has 0 aliphatic carbocycles. The summed E-state index contributed by atoms with van der Waals surface area (Å²) in [5.74, 6) is 0.0147. The largest absolute Gasteiger partial charge is 0.480 e. The molecule has 33 heavy (non-hydrogen) atoms. The Kier molecular flexibility index (Phi) is 7.07. The number of pyridine rings is 1. The number of hydrogen-bond acceptors (Lipinski definition) is 4. The van der Waals surface area contributed by atoms with E-state index in [9.17, 15) is 9.18 Å². The minimum absolute atomic E-state index is 0.00977. The molecule has 2 aromatic carbocycles. The molecule has 2 atom stereocenters. The van der Waals surface area contributed by atoms with Crippen molar-refractivity contribution in [2.75, 3.05) is 19.7 Å². The lowest BCUT2D eigenvalue weighted by molar-refractivity contribution is -0.139. The smallest absolute Gasteiger partial charge is 0.260 e. The molecule has 0 saturated carbocycles. The summed E-state index contributed by atoms with van der Waals surface area (Å²) in [7, 11) is 0. The van der Waals surface area contributed by atoms with E-state index in [4.69, 9.17) is 27.9 Å². The van der Waals surface area contributed by atoms with Crippen molar-refractivity contribution in [1.82, 2.24) is 14.8 Å². The Balaban J connectivity index is 1.43. The van der Waals surface area contributed by atoms with E-state index < -0.39 is 0 Å². The number of amides is 1. The molecule has 1 amide bonds. The molecule has 0 spiro atoms. The van der Waals surface area contributed by atoms with Crippen molar-refractivity contribution < 1.29 is 13.9 Å². The molecular weight excluding hydrogens is 464 g/mol. The van der Waals surface area contributed by atoms with Crippen LogP contribution in [0.3, 0.4) is 0 Å². The molecule has 1 aliphatic heterocycles. The maximum absolute atomic E-state index is 13.2. The zero-order valence-corrected chi connectivity index (χ0v) is 20.3. The maximum atomic E-state index is 13.2. The molecule has 174 valence electrons. The number of aromatic nitrogens is 1. The molecule has 3 aromatic rings. The van der Waals surface area contributed by atoms with Crippen LogP contribution >= 0.6 is 23.2 Å². The fourth-order valence-corrected chi connectivity index (χ4v) is 4.81. The van der Waals surface area contributed by atoms with E-state index in [1.54, 1.807) is 18.2 Å². The highest BCUT2D eigenvalue weighted by molar-refractivity contribution is 6.39. The van der Waals surface area contributed by atoms with Gasteiger partial charge in [0.2, 0.25) is 0 Å². The number of nitrogens with zero attached hydrogens (tertiary/aromatic N) is 3. The van der Waals surface area contributed by atoms with E-state index in [0.717, 1.165) is 23.2 Å². The minimum Gasteiger partial charge on any atom is -0.480 e. The number of ether oxygens (including phenoxy) is 1. The van der Waals surface area contributed by atoms with Crippen LogP contribution in [0.25, 0.3) is 10.9 Å². The number of aryl methyl sites for hydroxylation is 1. The van der Waals surface area contributed by atoms with Crippen molar-refractivity contribution >= 4 is 40.0 Å². The molecule has 2 unspecified atom stereocenters. The van der Waals surface area contributed by atoms with Gasteiger partial charge in [-0.15, -0.1) is 0 Å². The van der Waals surface area contributed by atoms with Gasteiger partial charge in [-0.25, -0.2) is 9.37 Å². The normalized spacial score (nSPS) is 19.2. The fraction of sp³-hybridized carbons (Fsp3) is 0.360. The van der Waals surface area contributed by atoms with Gasteiger partial charge in [-0.2, -0.15) is 0 Å². The number of benzene rings is 2. The maximum Gasteiger partial charge on any atom is 0.260 e. The summed E-state index contributed by atoms with van der Waals surface area (Å²) in [5.41, 5.74) is 2.40. The fourth-order valence-electron chi connectivity index (χ4n) is 4.23. The zero-order chi connectivity index (χ0) is 23.7. The third-order valence-electron chi connectivity index (χ3n) is 6.05. The zero-order valence-electron chi connectivity index (χ0n) is 18.8. The average Bonchev–Trinajstić information content (AvgIpc) is 2.77. The van der Waals surface area contributed by atoms with E-state index in [-0.39, 0.29) is 30.4 Å². The van der Waals surface area contributed by atoms with Crippen molar-refractivity contribution in [2.24, 2.45) is 0 Å².